The van der Waals surface area contributed by atoms with Crippen molar-refractivity contribution in [3.05, 3.63) is 101 Å². The van der Waals surface area contributed by atoms with E-state index in [4.69, 9.17) is 11.6 Å². The Balaban J connectivity index is 1.99. The fourth-order valence-electron chi connectivity index (χ4n) is 3.53. The number of nitrogens with zero attached hydrogens (tertiary/aromatic N) is 2. The summed E-state index contributed by atoms with van der Waals surface area (Å²) in [5.41, 5.74) is -1.99. The molecule has 0 amide bonds. The monoisotopic (exact) mass is 541 g/mol. The van der Waals surface area contributed by atoms with Gasteiger partial charge in [-0.25, -0.2) is 8.42 Å². The average molecular weight is 542 g/mol. The molecule has 36 heavy (non-hydrogen) atoms. The van der Waals surface area contributed by atoms with Gasteiger partial charge in [-0.1, -0.05) is 72.3 Å². The number of halogens is 6. The van der Waals surface area contributed by atoms with Gasteiger partial charge in [-0.05, 0) is 35.4 Å². The van der Waals surface area contributed by atoms with Gasteiger partial charge < -0.3 is 0 Å². The SMILES string of the molecule is O=S(=O)(Nc1nn(Cc2ccccc2)c(C(F)(F)C(F)(F)F)c1-c1ccc(Cl)cc1)c1ccccc1. The molecule has 4 aromatic rings. The van der Waals surface area contributed by atoms with Gasteiger partial charge in [0.05, 0.1) is 17.0 Å². The minimum Gasteiger partial charge on any atom is -0.261 e. The standard InChI is InChI=1S/C24H17ClF5N3O2S/c25-18-13-11-17(12-14-18)20-21(23(26,27)24(28,29)30)33(15-16-7-3-1-4-8-16)31-22(20)32-36(34,35)19-9-5-2-6-10-19/h1-14H,15H2,(H,31,32). The third-order valence-corrected chi connectivity index (χ3v) is 6.81. The first kappa shape index (κ1) is 25.6. The van der Waals surface area contributed by atoms with Crippen LogP contribution in [0, 0.1) is 0 Å². The molecule has 0 unspecified atom stereocenters. The molecule has 1 heterocycles. The smallest absolute Gasteiger partial charge is 0.261 e. The third-order valence-electron chi connectivity index (χ3n) is 5.20. The molecule has 188 valence electrons. The van der Waals surface area contributed by atoms with E-state index in [0.29, 0.717) is 10.2 Å². The van der Waals surface area contributed by atoms with Gasteiger partial charge in [0, 0.05) is 5.02 Å². The minimum absolute atomic E-state index is 0.136. The van der Waals surface area contributed by atoms with Crippen LogP contribution in [-0.2, 0) is 22.5 Å². The predicted octanol–water partition coefficient (Wildman–Crippen LogP) is 6.71. The van der Waals surface area contributed by atoms with Gasteiger partial charge in [0.2, 0.25) is 0 Å². The maximum Gasteiger partial charge on any atom is 0.459 e. The molecule has 0 bridgehead atoms. The molecule has 5 nitrogen and oxygen atoms in total. The van der Waals surface area contributed by atoms with Gasteiger partial charge in [0.25, 0.3) is 10.0 Å². The summed E-state index contributed by atoms with van der Waals surface area (Å²) in [7, 11) is -4.39. The van der Waals surface area contributed by atoms with E-state index in [0.717, 1.165) is 0 Å². The second kappa shape index (κ2) is 9.55. The van der Waals surface area contributed by atoms with Gasteiger partial charge in [-0.2, -0.15) is 27.1 Å². The molecular formula is C24H17ClF5N3O2S. The number of anilines is 1. The first-order chi connectivity index (χ1) is 16.9. The Morgan fingerprint density at radius 1 is 0.833 bits per heavy atom. The molecule has 0 aliphatic heterocycles. The lowest BCUT2D eigenvalue weighted by Gasteiger charge is -2.22. The van der Waals surface area contributed by atoms with Gasteiger partial charge in [-0.15, -0.1) is 0 Å². The van der Waals surface area contributed by atoms with Crippen molar-refractivity contribution in [3.8, 4) is 11.1 Å². The molecule has 3 aromatic carbocycles. The number of hydrogen-bond donors (Lipinski definition) is 1. The summed E-state index contributed by atoms with van der Waals surface area (Å²) in [4.78, 5) is -0.228. The van der Waals surface area contributed by atoms with E-state index in [2.05, 4.69) is 9.82 Å². The zero-order valence-corrected chi connectivity index (χ0v) is 19.7. The molecule has 0 saturated carbocycles. The topological polar surface area (TPSA) is 64.0 Å². The second-order valence-electron chi connectivity index (χ2n) is 7.71. The van der Waals surface area contributed by atoms with Crippen LogP contribution in [0.4, 0.5) is 27.8 Å². The fourth-order valence-corrected chi connectivity index (χ4v) is 4.69. The highest BCUT2D eigenvalue weighted by atomic mass is 35.5. The molecular weight excluding hydrogens is 525 g/mol. The van der Waals surface area contributed by atoms with Crippen LogP contribution in [0.3, 0.4) is 0 Å². The highest BCUT2D eigenvalue weighted by Gasteiger charge is 2.62. The van der Waals surface area contributed by atoms with Crippen LogP contribution >= 0.6 is 11.6 Å². The van der Waals surface area contributed by atoms with Gasteiger partial charge >= 0.3 is 12.1 Å². The summed E-state index contributed by atoms with van der Waals surface area (Å²) in [6.45, 7) is -0.477. The average Bonchev–Trinajstić information content (AvgIpc) is 3.17. The fraction of sp³-hybridized carbons (Fsp3) is 0.125. The van der Waals surface area contributed by atoms with Crippen molar-refractivity contribution >= 4 is 27.4 Å². The van der Waals surface area contributed by atoms with Crippen molar-refractivity contribution in [1.29, 1.82) is 0 Å². The highest BCUT2D eigenvalue weighted by molar-refractivity contribution is 7.92. The molecule has 0 aliphatic carbocycles. The van der Waals surface area contributed by atoms with E-state index in [1.165, 1.54) is 60.7 Å². The summed E-state index contributed by atoms with van der Waals surface area (Å²) in [5.74, 6) is -6.06. The maximum atomic E-state index is 15.0. The molecule has 0 spiro atoms. The van der Waals surface area contributed by atoms with Crippen molar-refractivity contribution in [2.24, 2.45) is 0 Å². The second-order valence-corrected chi connectivity index (χ2v) is 9.83. The highest BCUT2D eigenvalue weighted by Crippen LogP contribution is 2.49. The third kappa shape index (κ3) is 5.07. The first-order valence-corrected chi connectivity index (χ1v) is 12.2. The molecule has 0 radical (unpaired) electrons. The van der Waals surface area contributed by atoms with Crippen molar-refractivity contribution in [2.45, 2.75) is 23.5 Å². The minimum atomic E-state index is -5.99. The molecule has 0 atom stereocenters. The number of nitrogens with one attached hydrogen (secondary N) is 1. The Labute approximate surface area is 208 Å². The van der Waals surface area contributed by atoms with Crippen LogP contribution in [0.25, 0.3) is 11.1 Å². The summed E-state index contributed by atoms with van der Waals surface area (Å²) in [6.07, 6.45) is -5.99. The van der Waals surface area contributed by atoms with Crippen LogP contribution in [0.2, 0.25) is 5.02 Å². The zero-order valence-electron chi connectivity index (χ0n) is 18.2. The van der Waals surface area contributed by atoms with E-state index in [1.54, 1.807) is 24.3 Å². The quantitative estimate of drug-likeness (QED) is 0.265. The summed E-state index contributed by atoms with van der Waals surface area (Å²) in [6, 6.07) is 19.8. The number of alkyl halides is 5. The molecule has 1 aromatic heterocycles. The lowest BCUT2D eigenvalue weighted by atomic mass is 10.0. The number of sulfonamides is 1. The summed E-state index contributed by atoms with van der Waals surface area (Å²) >= 11 is 5.88. The van der Waals surface area contributed by atoms with Gasteiger partial charge in [0.15, 0.2) is 5.82 Å². The Hall–Kier alpha value is -3.44. The van der Waals surface area contributed by atoms with Crippen molar-refractivity contribution in [3.63, 3.8) is 0 Å². The Kier molecular flexibility index (Phi) is 6.80. The molecule has 1 N–H and O–H groups in total. The predicted molar refractivity (Wildman–Crippen MR) is 125 cm³/mol. The lowest BCUT2D eigenvalue weighted by Crippen LogP contribution is -2.36. The van der Waals surface area contributed by atoms with Crippen LogP contribution < -0.4 is 4.72 Å². The summed E-state index contributed by atoms with van der Waals surface area (Å²) < 4.78 is 99.5. The van der Waals surface area contributed by atoms with E-state index in [1.807, 2.05) is 0 Å². The van der Waals surface area contributed by atoms with E-state index in [9.17, 15) is 21.6 Å². The van der Waals surface area contributed by atoms with Crippen LogP contribution in [0.1, 0.15) is 11.3 Å². The molecule has 12 heteroatoms. The number of benzene rings is 3. The number of aromatic nitrogens is 2. The Bertz CT molecular complexity index is 1460. The first-order valence-electron chi connectivity index (χ1n) is 10.3. The normalized spacial score (nSPS) is 12.5. The van der Waals surface area contributed by atoms with Crippen LogP contribution in [-0.4, -0.2) is 24.4 Å². The largest absolute Gasteiger partial charge is 0.459 e. The van der Waals surface area contributed by atoms with Gasteiger partial charge in [0.1, 0.15) is 5.69 Å². The summed E-state index contributed by atoms with van der Waals surface area (Å²) in [5, 5.41) is 4.11. The van der Waals surface area contributed by atoms with Crippen LogP contribution in [0.5, 0.6) is 0 Å². The maximum absolute atomic E-state index is 15.0. The van der Waals surface area contributed by atoms with Crippen molar-refractivity contribution in [1.82, 2.24) is 9.78 Å². The van der Waals surface area contributed by atoms with E-state index in [-0.39, 0.29) is 15.5 Å². The molecule has 0 saturated heterocycles. The van der Waals surface area contributed by atoms with E-state index >= 15 is 8.78 Å². The van der Waals surface area contributed by atoms with Crippen molar-refractivity contribution < 1.29 is 30.4 Å². The zero-order chi connectivity index (χ0) is 26.1. The Morgan fingerprint density at radius 3 is 1.94 bits per heavy atom. The number of rotatable bonds is 7. The molecule has 4 rings (SSSR count). The van der Waals surface area contributed by atoms with Crippen molar-refractivity contribution in [2.75, 3.05) is 4.72 Å². The van der Waals surface area contributed by atoms with Crippen LogP contribution in [0.15, 0.2) is 89.8 Å². The van der Waals surface area contributed by atoms with E-state index < -0.39 is 45.7 Å². The molecule has 0 aliphatic rings. The molecule has 0 fully saturated rings. The number of hydrogen-bond acceptors (Lipinski definition) is 3. The lowest BCUT2D eigenvalue weighted by molar-refractivity contribution is -0.291. The van der Waals surface area contributed by atoms with Gasteiger partial charge in [-0.3, -0.25) is 9.40 Å². The Morgan fingerprint density at radius 2 is 1.39 bits per heavy atom.